The molecule has 0 bridgehead atoms. The van der Waals surface area contributed by atoms with Gasteiger partial charge in [0.1, 0.15) is 0 Å². The Kier molecular flexibility index (Phi) is 7.19. The van der Waals surface area contributed by atoms with Gasteiger partial charge in [0, 0.05) is 27.5 Å². The van der Waals surface area contributed by atoms with E-state index in [1.807, 2.05) is 60.7 Å². The maximum absolute atomic E-state index is 4.98. The topological polar surface area (TPSA) is 38.7 Å². The molecule has 3 nitrogen and oxygen atoms in total. The fourth-order valence-electron chi connectivity index (χ4n) is 8.76. The van der Waals surface area contributed by atoms with Crippen LogP contribution in [0.25, 0.3) is 78.7 Å². The number of benzene rings is 7. The summed E-state index contributed by atoms with van der Waals surface area (Å²) < 4.78 is 0. The van der Waals surface area contributed by atoms with E-state index in [1.54, 1.807) is 0 Å². The molecule has 0 radical (unpaired) electrons. The van der Waals surface area contributed by atoms with Gasteiger partial charge in [-0.05, 0) is 97.1 Å². The predicted octanol–water partition coefficient (Wildman–Crippen LogP) is 12.8. The SMILES string of the molecule is CC1(C)c2ccccc2-c2cc3c(cc21)-c1ccc(-c2cccc(-c4cccc(-c5nc(-c6ccccc6)nc(-c6ccccc6)n5)c4)c2)cc1C3(C)C. The molecule has 0 unspecified atom stereocenters. The third-order valence-electron chi connectivity index (χ3n) is 11.7. The standard InChI is InChI=1S/C51H39N3/c1-50(2)43-24-12-11-23-39(43)41-30-46-42(31-45(41)50)40-26-25-37(29-44(40)51(46,3)4)35-20-13-19-34(27-35)36-21-14-22-38(28-36)49-53-47(32-15-7-5-8-16-32)52-48(54-49)33-17-9-6-10-18-33/h5-31H,1-4H3. The lowest BCUT2D eigenvalue weighted by molar-refractivity contribution is 0.652. The predicted molar refractivity (Wildman–Crippen MR) is 222 cm³/mol. The van der Waals surface area contributed by atoms with Crippen molar-refractivity contribution < 1.29 is 0 Å². The summed E-state index contributed by atoms with van der Waals surface area (Å²) in [5.41, 5.74) is 18.5. The van der Waals surface area contributed by atoms with Gasteiger partial charge >= 0.3 is 0 Å². The summed E-state index contributed by atoms with van der Waals surface area (Å²) in [6, 6.07) is 58.7. The second-order valence-electron chi connectivity index (χ2n) is 15.7. The van der Waals surface area contributed by atoms with Crippen molar-refractivity contribution in [1.82, 2.24) is 15.0 Å². The number of hydrogen-bond donors (Lipinski definition) is 0. The molecule has 2 aliphatic rings. The Labute approximate surface area is 317 Å². The van der Waals surface area contributed by atoms with Crippen LogP contribution < -0.4 is 0 Å². The molecule has 8 aromatic rings. The molecule has 0 atom stereocenters. The molecule has 1 heterocycles. The highest BCUT2D eigenvalue weighted by atomic mass is 15.0. The van der Waals surface area contributed by atoms with Gasteiger partial charge in [0.25, 0.3) is 0 Å². The van der Waals surface area contributed by atoms with Gasteiger partial charge in [-0.25, -0.2) is 15.0 Å². The highest BCUT2D eigenvalue weighted by Gasteiger charge is 2.41. The molecule has 0 aliphatic heterocycles. The Morgan fingerprint density at radius 1 is 0.278 bits per heavy atom. The normalized spacial score (nSPS) is 14.2. The summed E-state index contributed by atoms with van der Waals surface area (Å²) in [4.78, 5) is 14.8. The maximum atomic E-state index is 4.98. The summed E-state index contributed by atoms with van der Waals surface area (Å²) in [5, 5.41) is 0. The van der Waals surface area contributed by atoms with Crippen LogP contribution >= 0.6 is 0 Å². The van der Waals surface area contributed by atoms with Gasteiger partial charge in [0.2, 0.25) is 0 Å². The smallest absolute Gasteiger partial charge is 0.164 e. The van der Waals surface area contributed by atoms with Crippen LogP contribution in [0.15, 0.2) is 164 Å². The lowest BCUT2D eigenvalue weighted by Gasteiger charge is -2.24. The van der Waals surface area contributed by atoms with Crippen molar-refractivity contribution in [3.8, 4) is 78.7 Å². The van der Waals surface area contributed by atoms with E-state index in [9.17, 15) is 0 Å². The molecule has 2 aliphatic carbocycles. The van der Waals surface area contributed by atoms with Crippen molar-refractivity contribution in [1.29, 1.82) is 0 Å². The van der Waals surface area contributed by atoms with Crippen LogP contribution in [-0.2, 0) is 10.8 Å². The van der Waals surface area contributed by atoms with Crippen molar-refractivity contribution >= 4 is 0 Å². The van der Waals surface area contributed by atoms with E-state index < -0.39 is 0 Å². The molecule has 54 heavy (non-hydrogen) atoms. The summed E-state index contributed by atoms with van der Waals surface area (Å²) in [6.45, 7) is 9.50. The van der Waals surface area contributed by atoms with Crippen LogP contribution in [0, 0.1) is 0 Å². The van der Waals surface area contributed by atoms with Crippen molar-refractivity contribution in [3.63, 3.8) is 0 Å². The van der Waals surface area contributed by atoms with Crippen molar-refractivity contribution in [2.45, 2.75) is 38.5 Å². The lowest BCUT2D eigenvalue weighted by Crippen LogP contribution is -2.17. The van der Waals surface area contributed by atoms with Gasteiger partial charge in [-0.3, -0.25) is 0 Å². The van der Waals surface area contributed by atoms with E-state index in [0.717, 1.165) is 27.8 Å². The number of aromatic nitrogens is 3. The maximum Gasteiger partial charge on any atom is 0.164 e. The molecule has 0 amide bonds. The first-order valence-corrected chi connectivity index (χ1v) is 18.8. The van der Waals surface area contributed by atoms with Crippen LogP contribution in [0.2, 0.25) is 0 Å². The minimum absolute atomic E-state index is 0.0244. The minimum atomic E-state index is -0.120. The zero-order valence-electron chi connectivity index (χ0n) is 30.9. The Balaban J connectivity index is 1.02. The van der Waals surface area contributed by atoms with Crippen molar-refractivity contribution in [3.05, 3.63) is 186 Å². The third-order valence-corrected chi connectivity index (χ3v) is 11.7. The average molecular weight is 694 g/mol. The summed E-state index contributed by atoms with van der Waals surface area (Å²) in [7, 11) is 0. The Hall–Kier alpha value is -6.45. The highest BCUT2D eigenvalue weighted by molar-refractivity contribution is 5.91. The van der Waals surface area contributed by atoms with Gasteiger partial charge in [0.15, 0.2) is 17.5 Å². The number of fused-ring (bicyclic) bond motifs is 6. The minimum Gasteiger partial charge on any atom is -0.208 e. The van der Waals surface area contributed by atoms with Crippen LogP contribution in [0.4, 0.5) is 0 Å². The second kappa shape index (κ2) is 12.0. The quantitative estimate of drug-likeness (QED) is 0.180. The van der Waals surface area contributed by atoms with Crippen molar-refractivity contribution in [2.75, 3.05) is 0 Å². The van der Waals surface area contributed by atoms with Gasteiger partial charge in [-0.2, -0.15) is 0 Å². The lowest BCUT2D eigenvalue weighted by atomic mass is 9.79. The molecule has 3 heteroatoms. The van der Waals surface area contributed by atoms with E-state index >= 15 is 0 Å². The van der Waals surface area contributed by atoms with E-state index in [0.29, 0.717) is 17.5 Å². The first kappa shape index (κ1) is 32.2. The molecule has 0 N–H and O–H groups in total. The fourth-order valence-corrected chi connectivity index (χ4v) is 8.76. The summed E-state index contributed by atoms with van der Waals surface area (Å²) >= 11 is 0. The Bertz CT molecular complexity index is 2700. The number of rotatable bonds is 5. The first-order chi connectivity index (χ1) is 26.3. The third kappa shape index (κ3) is 5.07. The van der Waals surface area contributed by atoms with Gasteiger partial charge in [-0.1, -0.05) is 161 Å². The molecule has 0 fully saturated rings. The van der Waals surface area contributed by atoms with E-state index in [-0.39, 0.29) is 10.8 Å². The summed E-state index contributed by atoms with van der Waals surface area (Å²) in [6.07, 6.45) is 0. The van der Waals surface area contributed by atoms with Gasteiger partial charge in [-0.15, -0.1) is 0 Å². The first-order valence-electron chi connectivity index (χ1n) is 18.8. The molecular formula is C51H39N3. The molecule has 10 rings (SSSR count). The van der Waals surface area contributed by atoms with E-state index in [4.69, 9.17) is 15.0 Å². The zero-order chi connectivity index (χ0) is 36.6. The molecule has 7 aromatic carbocycles. The second-order valence-corrected chi connectivity index (χ2v) is 15.7. The molecule has 1 aromatic heterocycles. The van der Waals surface area contributed by atoms with Crippen LogP contribution in [-0.4, -0.2) is 15.0 Å². The molecule has 0 spiro atoms. The zero-order valence-corrected chi connectivity index (χ0v) is 30.9. The average Bonchev–Trinajstić information content (AvgIpc) is 3.59. The van der Waals surface area contributed by atoms with Crippen LogP contribution in [0.1, 0.15) is 49.9 Å². The number of hydrogen-bond acceptors (Lipinski definition) is 3. The molecule has 0 saturated carbocycles. The summed E-state index contributed by atoms with van der Waals surface area (Å²) in [5.74, 6) is 1.97. The van der Waals surface area contributed by atoms with Crippen LogP contribution in [0.3, 0.4) is 0 Å². The fraction of sp³-hybridized carbons (Fsp3) is 0.118. The molecule has 258 valence electrons. The van der Waals surface area contributed by atoms with E-state index in [2.05, 4.69) is 131 Å². The largest absolute Gasteiger partial charge is 0.208 e. The van der Waals surface area contributed by atoms with Crippen LogP contribution in [0.5, 0.6) is 0 Å². The van der Waals surface area contributed by atoms with E-state index in [1.165, 1.54) is 55.6 Å². The Morgan fingerprint density at radius 2 is 0.667 bits per heavy atom. The molecule has 0 saturated heterocycles. The highest BCUT2D eigenvalue weighted by Crippen LogP contribution is 2.56. The van der Waals surface area contributed by atoms with Crippen molar-refractivity contribution in [2.24, 2.45) is 0 Å². The number of nitrogens with zero attached hydrogens (tertiary/aromatic N) is 3. The monoisotopic (exact) mass is 693 g/mol. The molecular weight excluding hydrogens is 655 g/mol. The Morgan fingerprint density at radius 3 is 1.24 bits per heavy atom. The van der Waals surface area contributed by atoms with Gasteiger partial charge < -0.3 is 0 Å². The van der Waals surface area contributed by atoms with Gasteiger partial charge in [0.05, 0.1) is 0 Å².